The Labute approximate surface area is 192 Å². The number of nitrogens with zero attached hydrogens (tertiary/aromatic N) is 3. The predicted octanol–water partition coefficient (Wildman–Crippen LogP) is 3.53. The van der Waals surface area contributed by atoms with Gasteiger partial charge in [-0.3, -0.25) is 14.2 Å². The van der Waals surface area contributed by atoms with Gasteiger partial charge in [0.2, 0.25) is 0 Å². The number of hydrogen-bond acceptors (Lipinski definition) is 7. The average Bonchev–Trinajstić information content (AvgIpc) is 3.38. The van der Waals surface area contributed by atoms with Gasteiger partial charge in [-0.2, -0.15) is 0 Å². The van der Waals surface area contributed by atoms with Gasteiger partial charge in [-0.05, 0) is 35.9 Å². The van der Waals surface area contributed by atoms with Crippen LogP contribution in [0, 0.1) is 0 Å². The summed E-state index contributed by atoms with van der Waals surface area (Å²) in [6, 6.07) is 14.6. The van der Waals surface area contributed by atoms with Crippen LogP contribution in [-0.2, 0) is 4.79 Å². The van der Waals surface area contributed by atoms with E-state index in [9.17, 15) is 14.7 Å². The number of benzene rings is 2. The summed E-state index contributed by atoms with van der Waals surface area (Å²) >= 11 is 7.36. The summed E-state index contributed by atoms with van der Waals surface area (Å²) in [5.74, 6) is 0.278. The number of methoxy groups -OCH3 is 1. The zero-order chi connectivity index (χ0) is 22.4. The Morgan fingerprint density at radius 1 is 1.16 bits per heavy atom. The molecule has 3 heterocycles. The Bertz CT molecular complexity index is 1400. The van der Waals surface area contributed by atoms with Crippen LogP contribution in [0.5, 0.6) is 5.75 Å². The van der Waals surface area contributed by atoms with E-state index in [0.29, 0.717) is 32.4 Å². The lowest BCUT2D eigenvalue weighted by Gasteiger charge is -2.20. The molecule has 4 aromatic rings. The van der Waals surface area contributed by atoms with Gasteiger partial charge in [0, 0.05) is 16.0 Å². The highest BCUT2D eigenvalue weighted by atomic mass is 35.5. The highest BCUT2D eigenvalue weighted by Crippen LogP contribution is 2.34. The lowest BCUT2D eigenvalue weighted by molar-refractivity contribution is -0.122. The number of ether oxygens (including phenoxy) is 1. The van der Waals surface area contributed by atoms with Crippen molar-refractivity contribution in [2.45, 2.75) is 6.10 Å². The van der Waals surface area contributed by atoms with E-state index < -0.39 is 6.10 Å². The van der Waals surface area contributed by atoms with Crippen molar-refractivity contribution >= 4 is 44.6 Å². The van der Waals surface area contributed by atoms with Gasteiger partial charge in [0.05, 0.1) is 37.1 Å². The van der Waals surface area contributed by atoms with Crippen molar-refractivity contribution in [2.75, 3.05) is 25.1 Å². The minimum Gasteiger partial charge on any atom is -0.495 e. The fourth-order valence-corrected chi connectivity index (χ4v) is 4.95. The van der Waals surface area contributed by atoms with Crippen molar-refractivity contribution in [2.24, 2.45) is 0 Å². The number of fused-ring (bicyclic) bond motifs is 1. The van der Waals surface area contributed by atoms with Crippen LogP contribution in [0.3, 0.4) is 0 Å². The maximum absolute atomic E-state index is 13.2. The predicted molar refractivity (Wildman–Crippen MR) is 125 cm³/mol. The number of anilines is 1. The minimum absolute atomic E-state index is 0.118. The molecule has 0 unspecified atom stereocenters. The van der Waals surface area contributed by atoms with Crippen LogP contribution in [0.2, 0.25) is 5.02 Å². The number of Topliss-reactive ketones (excluding diaryl/α,β-unsaturated/α-hetero) is 1. The van der Waals surface area contributed by atoms with Crippen LogP contribution >= 0.6 is 22.9 Å². The molecule has 0 saturated carbocycles. The Morgan fingerprint density at radius 2 is 1.94 bits per heavy atom. The summed E-state index contributed by atoms with van der Waals surface area (Å²) in [6.45, 7) is 0.331. The minimum atomic E-state index is -0.998. The van der Waals surface area contributed by atoms with Crippen molar-refractivity contribution < 1.29 is 14.6 Å². The second kappa shape index (κ2) is 8.05. The molecule has 1 aliphatic heterocycles. The average molecular weight is 468 g/mol. The number of β-amino-alcohol motifs (C(OH)–C–C–N with tert-alkyl or cyclic N) is 1. The Balaban J connectivity index is 1.54. The van der Waals surface area contributed by atoms with Crippen molar-refractivity contribution in [3.8, 4) is 21.9 Å². The molecule has 0 aliphatic carbocycles. The number of rotatable bonds is 4. The first-order chi connectivity index (χ1) is 15.4. The van der Waals surface area contributed by atoms with E-state index >= 15 is 0 Å². The largest absolute Gasteiger partial charge is 0.495 e. The summed E-state index contributed by atoms with van der Waals surface area (Å²) in [5.41, 5.74) is 2.70. The number of thiophene rings is 1. The summed E-state index contributed by atoms with van der Waals surface area (Å²) in [5, 5.41) is 10.4. The van der Waals surface area contributed by atoms with Gasteiger partial charge < -0.3 is 14.7 Å². The summed E-state index contributed by atoms with van der Waals surface area (Å²) in [4.78, 5) is 32.2. The molecule has 0 radical (unpaired) electrons. The number of halogens is 1. The van der Waals surface area contributed by atoms with Gasteiger partial charge >= 0.3 is 0 Å². The van der Waals surface area contributed by atoms with E-state index in [1.54, 1.807) is 23.1 Å². The number of aromatic nitrogens is 2. The highest BCUT2D eigenvalue weighted by Gasteiger charge is 2.30. The molecule has 162 valence electrons. The lowest BCUT2D eigenvalue weighted by Crippen LogP contribution is -2.22. The molecule has 1 aliphatic rings. The summed E-state index contributed by atoms with van der Waals surface area (Å²) < 4.78 is 7.53. The smallest absolute Gasteiger partial charge is 0.275 e. The third-order valence-electron chi connectivity index (χ3n) is 5.46. The molecular formula is C23H18ClN3O4S. The monoisotopic (exact) mass is 467 g/mol. The number of hydrogen-bond donors (Lipinski definition) is 1. The summed E-state index contributed by atoms with van der Waals surface area (Å²) in [7, 11) is 1.53. The normalized spacial score (nSPS) is 16.2. The molecule has 9 heteroatoms. The van der Waals surface area contributed by atoms with Crippen molar-refractivity contribution in [3.63, 3.8) is 0 Å². The molecule has 1 N–H and O–H groups in total. The zero-order valence-electron chi connectivity index (χ0n) is 17.0. The van der Waals surface area contributed by atoms with Gasteiger partial charge in [-0.1, -0.05) is 23.7 Å². The molecule has 0 spiro atoms. The number of ketones is 1. The third-order valence-corrected chi connectivity index (χ3v) is 6.87. The van der Waals surface area contributed by atoms with Gasteiger partial charge in [-0.15, -0.1) is 11.3 Å². The Hall–Kier alpha value is -3.20. The van der Waals surface area contributed by atoms with Gasteiger partial charge in [0.15, 0.2) is 5.78 Å². The van der Waals surface area contributed by atoms with Gasteiger partial charge in [-0.25, -0.2) is 4.98 Å². The van der Waals surface area contributed by atoms with E-state index in [-0.39, 0.29) is 24.4 Å². The standard InChI is InChI=1S/C23H18ClN3O4S/c1-31-20-8-15(6-7-17(20)26-10-18(28)19(29)11-26)27-12-25-16-9-21(32-22(16)23(27)30)13-2-4-14(24)5-3-13/h2-9,12,18,28H,10-11H2,1H3/t18-/m1/s1. The fraction of sp³-hybridized carbons (Fsp3) is 0.174. The van der Waals surface area contributed by atoms with Crippen LogP contribution in [-0.4, -0.2) is 46.7 Å². The molecule has 0 amide bonds. The molecule has 1 saturated heterocycles. The van der Waals surface area contributed by atoms with E-state index in [1.807, 2.05) is 30.3 Å². The quantitative estimate of drug-likeness (QED) is 0.494. The van der Waals surface area contributed by atoms with Crippen LogP contribution in [0.4, 0.5) is 5.69 Å². The van der Waals surface area contributed by atoms with E-state index in [0.717, 1.165) is 10.4 Å². The number of carbonyl (C=O) groups excluding carboxylic acids is 1. The second-order valence-electron chi connectivity index (χ2n) is 7.47. The van der Waals surface area contributed by atoms with E-state index in [4.69, 9.17) is 16.3 Å². The molecular weight excluding hydrogens is 450 g/mol. The Morgan fingerprint density at radius 3 is 2.62 bits per heavy atom. The molecule has 5 rings (SSSR count). The van der Waals surface area contributed by atoms with Crippen molar-refractivity contribution in [1.29, 1.82) is 0 Å². The van der Waals surface area contributed by atoms with E-state index in [2.05, 4.69) is 4.98 Å². The van der Waals surface area contributed by atoms with Crippen LogP contribution < -0.4 is 15.2 Å². The second-order valence-corrected chi connectivity index (χ2v) is 8.96. The molecule has 2 aromatic heterocycles. The molecule has 1 fully saturated rings. The van der Waals surface area contributed by atoms with Crippen molar-refractivity contribution in [3.05, 3.63) is 70.2 Å². The van der Waals surface area contributed by atoms with Crippen molar-refractivity contribution in [1.82, 2.24) is 9.55 Å². The van der Waals surface area contributed by atoms with Crippen LogP contribution in [0.1, 0.15) is 0 Å². The topological polar surface area (TPSA) is 84.7 Å². The fourth-order valence-electron chi connectivity index (χ4n) is 3.78. The number of aliphatic hydroxyl groups excluding tert-OH is 1. The number of carbonyl (C=O) groups is 1. The zero-order valence-corrected chi connectivity index (χ0v) is 18.6. The maximum atomic E-state index is 13.2. The molecule has 7 nitrogen and oxygen atoms in total. The van der Waals surface area contributed by atoms with Crippen LogP contribution in [0.25, 0.3) is 26.3 Å². The maximum Gasteiger partial charge on any atom is 0.275 e. The first-order valence-electron chi connectivity index (χ1n) is 9.86. The third kappa shape index (κ3) is 3.56. The Kier molecular flexibility index (Phi) is 5.21. The highest BCUT2D eigenvalue weighted by molar-refractivity contribution is 7.22. The first-order valence-corrected chi connectivity index (χ1v) is 11.1. The van der Waals surface area contributed by atoms with Gasteiger partial charge in [0.1, 0.15) is 22.9 Å². The van der Waals surface area contributed by atoms with E-state index in [1.165, 1.54) is 29.3 Å². The van der Waals surface area contributed by atoms with Crippen LogP contribution in [0.15, 0.2) is 59.7 Å². The molecule has 2 aromatic carbocycles. The SMILES string of the molecule is COc1cc(-n2cnc3cc(-c4ccc(Cl)cc4)sc3c2=O)ccc1N1CC(=O)[C@H](O)C1. The summed E-state index contributed by atoms with van der Waals surface area (Å²) in [6.07, 6.45) is 0.503. The van der Waals surface area contributed by atoms with Gasteiger partial charge in [0.25, 0.3) is 5.56 Å². The first kappa shape index (κ1) is 20.7. The molecule has 1 atom stereocenters. The molecule has 0 bridgehead atoms. The number of aliphatic hydroxyl groups is 1. The molecule has 32 heavy (non-hydrogen) atoms. The lowest BCUT2D eigenvalue weighted by atomic mass is 10.2.